The zero-order chi connectivity index (χ0) is 22.6. The van der Waals surface area contributed by atoms with Crippen molar-refractivity contribution in [1.82, 2.24) is 5.32 Å². The Hall–Kier alpha value is -2.00. The molecule has 168 valence electrons. The van der Waals surface area contributed by atoms with Gasteiger partial charge in [0.1, 0.15) is 17.2 Å². The summed E-state index contributed by atoms with van der Waals surface area (Å²) in [5.41, 5.74) is 0.902. The number of anilines is 1. The smallest absolute Gasteiger partial charge is 0.268 e. The van der Waals surface area contributed by atoms with Gasteiger partial charge in [-0.3, -0.25) is 9.10 Å². The van der Waals surface area contributed by atoms with Crippen LogP contribution in [0.2, 0.25) is 10.0 Å². The number of nitrogens with zero attached hydrogens (tertiary/aromatic N) is 1. The molecule has 0 radical (unpaired) electrons. The van der Waals surface area contributed by atoms with Crippen molar-refractivity contribution in [3.05, 3.63) is 52.0 Å². The van der Waals surface area contributed by atoms with E-state index in [1.807, 2.05) is 0 Å². The van der Waals surface area contributed by atoms with Gasteiger partial charge in [-0.15, -0.1) is 0 Å². The molecule has 1 aliphatic rings. The Morgan fingerprint density at radius 2 is 1.94 bits per heavy atom. The molecule has 1 aliphatic heterocycles. The second-order valence-electron chi connectivity index (χ2n) is 7.23. The van der Waals surface area contributed by atoms with Gasteiger partial charge in [0.25, 0.3) is 10.0 Å². The number of nitrogens with one attached hydrogen (secondary N) is 1. The minimum Gasteiger partial charge on any atom is -0.495 e. The summed E-state index contributed by atoms with van der Waals surface area (Å²) in [6, 6.07) is 9.19. The van der Waals surface area contributed by atoms with Crippen LogP contribution in [-0.4, -0.2) is 47.2 Å². The Balaban J connectivity index is 1.97. The van der Waals surface area contributed by atoms with E-state index >= 15 is 0 Å². The summed E-state index contributed by atoms with van der Waals surface area (Å²) in [7, 11) is -2.80. The number of benzene rings is 2. The number of ether oxygens (including phenoxy) is 2. The molecule has 0 saturated carbocycles. The van der Waals surface area contributed by atoms with Crippen LogP contribution in [0.15, 0.2) is 41.3 Å². The maximum Gasteiger partial charge on any atom is 0.268 e. The number of hydrogen-bond acceptors (Lipinski definition) is 5. The van der Waals surface area contributed by atoms with Gasteiger partial charge in [-0.2, -0.15) is 0 Å². The van der Waals surface area contributed by atoms with Crippen LogP contribution in [-0.2, 0) is 19.6 Å². The fourth-order valence-corrected chi connectivity index (χ4v) is 5.48. The molecule has 1 saturated heterocycles. The van der Waals surface area contributed by atoms with Gasteiger partial charge in [-0.1, -0.05) is 29.3 Å². The third kappa shape index (κ3) is 5.83. The SMILES string of the molecule is COc1ccc(C)cc1S(=O)(=O)N(CC(=O)NC[C@@H]1CCCO1)c1cc(Cl)cc(Cl)c1. The molecule has 1 N–H and O–H groups in total. The van der Waals surface area contributed by atoms with E-state index in [2.05, 4.69) is 5.32 Å². The van der Waals surface area contributed by atoms with E-state index in [0.29, 0.717) is 13.2 Å². The first-order valence-corrected chi connectivity index (χ1v) is 11.9. The molecule has 31 heavy (non-hydrogen) atoms. The number of methoxy groups -OCH3 is 1. The molecule has 2 aromatic rings. The van der Waals surface area contributed by atoms with Gasteiger partial charge in [0.05, 0.1) is 18.9 Å². The second-order valence-corrected chi connectivity index (χ2v) is 9.94. The fraction of sp³-hybridized carbons (Fsp3) is 0.381. The lowest BCUT2D eigenvalue weighted by Gasteiger charge is -2.25. The van der Waals surface area contributed by atoms with Crippen molar-refractivity contribution in [3.63, 3.8) is 0 Å². The molecule has 1 heterocycles. The molecule has 0 aromatic heterocycles. The molecular formula is C21H24Cl2N2O5S. The van der Waals surface area contributed by atoms with Gasteiger partial charge in [0.15, 0.2) is 0 Å². The van der Waals surface area contributed by atoms with Crippen molar-refractivity contribution in [3.8, 4) is 5.75 Å². The molecule has 3 rings (SSSR count). The van der Waals surface area contributed by atoms with Crippen molar-refractivity contribution < 1.29 is 22.7 Å². The maximum atomic E-state index is 13.6. The topological polar surface area (TPSA) is 84.9 Å². The predicted molar refractivity (Wildman–Crippen MR) is 121 cm³/mol. The van der Waals surface area contributed by atoms with E-state index in [1.165, 1.54) is 31.4 Å². The zero-order valence-electron chi connectivity index (χ0n) is 17.2. The zero-order valence-corrected chi connectivity index (χ0v) is 19.6. The summed E-state index contributed by atoms with van der Waals surface area (Å²) in [4.78, 5) is 12.6. The van der Waals surface area contributed by atoms with E-state index in [4.69, 9.17) is 32.7 Å². The van der Waals surface area contributed by atoms with Crippen LogP contribution < -0.4 is 14.4 Å². The Bertz CT molecular complexity index is 1040. The third-order valence-corrected chi connectivity index (χ3v) is 7.09. The van der Waals surface area contributed by atoms with E-state index in [0.717, 1.165) is 22.7 Å². The largest absolute Gasteiger partial charge is 0.495 e. The highest BCUT2D eigenvalue weighted by Gasteiger charge is 2.31. The van der Waals surface area contributed by atoms with Gasteiger partial charge in [-0.05, 0) is 55.7 Å². The van der Waals surface area contributed by atoms with E-state index in [1.54, 1.807) is 19.1 Å². The number of amides is 1. The summed E-state index contributed by atoms with van der Waals surface area (Å²) in [6.45, 7) is 2.29. The standard InChI is InChI=1S/C21H24Cl2N2O5S/c1-14-5-6-19(29-2)20(8-14)31(27,28)25(17-10-15(22)9-16(23)11-17)13-21(26)24-12-18-4-3-7-30-18/h5-6,8-11,18H,3-4,7,12-13H2,1-2H3,(H,24,26)/t18-/m0/s1. The summed E-state index contributed by atoms with van der Waals surface area (Å²) in [5, 5.41) is 3.25. The number of aryl methyl sites for hydroxylation is 1. The number of hydrogen-bond donors (Lipinski definition) is 1. The molecular weight excluding hydrogens is 463 g/mol. The molecule has 7 nitrogen and oxygen atoms in total. The number of halogens is 2. The van der Waals surface area contributed by atoms with Crippen molar-refractivity contribution in [2.45, 2.75) is 30.8 Å². The molecule has 0 aliphatic carbocycles. The normalized spacial score (nSPS) is 16.2. The number of carbonyl (C=O) groups is 1. The quantitative estimate of drug-likeness (QED) is 0.613. The first kappa shape index (κ1) is 23.7. The highest BCUT2D eigenvalue weighted by Crippen LogP contribution is 2.33. The predicted octanol–water partition coefficient (Wildman–Crippen LogP) is 3.80. The van der Waals surface area contributed by atoms with Crippen LogP contribution >= 0.6 is 23.2 Å². The molecule has 1 amide bonds. The molecule has 10 heteroatoms. The summed E-state index contributed by atoms with van der Waals surface area (Å²) >= 11 is 12.2. The average molecular weight is 487 g/mol. The highest BCUT2D eigenvalue weighted by atomic mass is 35.5. The minimum absolute atomic E-state index is 0.0574. The van der Waals surface area contributed by atoms with Crippen molar-refractivity contribution in [1.29, 1.82) is 0 Å². The van der Waals surface area contributed by atoms with Gasteiger partial charge in [0, 0.05) is 23.2 Å². The fourth-order valence-electron chi connectivity index (χ4n) is 3.32. The van der Waals surface area contributed by atoms with E-state index < -0.39 is 22.5 Å². The summed E-state index contributed by atoms with van der Waals surface area (Å²) < 4.78 is 39.0. The van der Waals surface area contributed by atoms with E-state index in [9.17, 15) is 13.2 Å². The average Bonchev–Trinajstić information content (AvgIpc) is 3.23. The second kappa shape index (κ2) is 10.1. The Kier molecular flexibility index (Phi) is 7.69. The summed E-state index contributed by atoms with van der Waals surface area (Å²) in [6.07, 6.45) is 1.73. The Morgan fingerprint density at radius 1 is 1.23 bits per heavy atom. The molecule has 1 atom stereocenters. The van der Waals surface area contributed by atoms with Crippen molar-refractivity contribution in [2.75, 3.05) is 31.1 Å². The first-order chi connectivity index (χ1) is 14.7. The van der Waals surface area contributed by atoms with Crippen LogP contribution in [0.4, 0.5) is 5.69 Å². The van der Waals surface area contributed by atoms with Crippen molar-refractivity contribution >= 4 is 44.8 Å². The molecule has 0 unspecified atom stereocenters. The number of carbonyl (C=O) groups excluding carboxylic acids is 1. The van der Waals surface area contributed by atoms with E-state index in [-0.39, 0.29) is 32.5 Å². The highest BCUT2D eigenvalue weighted by molar-refractivity contribution is 7.93. The molecule has 1 fully saturated rings. The lowest BCUT2D eigenvalue weighted by atomic mass is 10.2. The van der Waals surface area contributed by atoms with Gasteiger partial charge in [0.2, 0.25) is 5.91 Å². The minimum atomic E-state index is -4.19. The van der Waals surface area contributed by atoms with Gasteiger partial charge >= 0.3 is 0 Å². The lowest BCUT2D eigenvalue weighted by Crippen LogP contribution is -2.43. The first-order valence-electron chi connectivity index (χ1n) is 9.72. The Morgan fingerprint density at radius 3 is 2.55 bits per heavy atom. The van der Waals surface area contributed by atoms with Crippen LogP contribution in [0.5, 0.6) is 5.75 Å². The van der Waals surface area contributed by atoms with Gasteiger partial charge in [-0.25, -0.2) is 8.42 Å². The molecule has 0 spiro atoms. The van der Waals surface area contributed by atoms with Crippen LogP contribution in [0, 0.1) is 6.92 Å². The monoisotopic (exact) mass is 486 g/mol. The van der Waals surface area contributed by atoms with Crippen LogP contribution in [0.1, 0.15) is 18.4 Å². The Labute approximate surface area is 192 Å². The lowest BCUT2D eigenvalue weighted by molar-refractivity contribution is -0.120. The number of sulfonamides is 1. The van der Waals surface area contributed by atoms with Crippen molar-refractivity contribution in [2.24, 2.45) is 0 Å². The molecule has 0 bridgehead atoms. The van der Waals surface area contributed by atoms with Crippen LogP contribution in [0.3, 0.4) is 0 Å². The van der Waals surface area contributed by atoms with Crippen LogP contribution in [0.25, 0.3) is 0 Å². The van der Waals surface area contributed by atoms with Gasteiger partial charge < -0.3 is 14.8 Å². The third-order valence-electron chi connectivity index (χ3n) is 4.86. The maximum absolute atomic E-state index is 13.6. The summed E-state index contributed by atoms with van der Waals surface area (Å²) in [5.74, 6) is -0.301. The molecule has 2 aromatic carbocycles. The number of rotatable bonds is 8.